The number of aromatic nitrogens is 2. The summed E-state index contributed by atoms with van der Waals surface area (Å²) in [7, 11) is 5.64. The monoisotopic (exact) mass is 410 g/mol. The standard InChI is InChI=1S/C20H35N5O4/c1-14(2)12-24-18(21)17(19(27)22-20(24)28)23(10-11-29-5)16(26)13-25(3,4)15-8-6-7-9-15/h14-15H,6-13H2,1-5H3,(H2-,21,22,27,28)/p+1. The zero-order valence-electron chi connectivity index (χ0n) is 18.4. The lowest BCUT2D eigenvalue weighted by atomic mass is 10.1. The Labute approximate surface area is 172 Å². The lowest BCUT2D eigenvalue weighted by Crippen LogP contribution is -2.55. The highest BCUT2D eigenvalue weighted by Gasteiger charge is 2.35. The summed E-state index contributed by atoms with van der Waals surface area (Å²) in [5.74, 6) is -0.0381. The Morgan fingerprint density at radius 3 is 2.48 bits per heavy atom. The van der Waals surface area contributed by atoms with Gasteiger partial charge in [-0.1, -0.05) is 13.8 Å². The molecule has 1 aromatic rings. The highest BCUT2D eigenvalue weighted by Crippen LogP contribution is 2.27. The van der Waals surface area contributed by atoms with E-state index in [1.54, 1.807) is 0 Å². The Balaban J connectivity index is 2.42. The number of nitrogen functional groups attached to an aromatic ring is 1. The molecule has 0 saturated heterocycles. The molecular weight excluding hydrogens is 374 g/mol. The van der Waals surface area contributed by atoms with Gasteiger partial charge >= 0.3 is 5.69 Å². The minimum atomic E-state index is -0.650. The van der Waals surface area contributed by atoms with Crippen molar-refractivity contribution in [2.75, 3.05) is 51.5 Å². The van der Waals surface area contributed by atoms with Gasteiger partial charge in [0.25, 0.3) is 11.5 Å². The smallest absolute Gasteiger partial charge is 0.330 e. The van der Waals surface area contributed by atoms with E-state index in [1.807, 2.05) is 13.8 Å². The van der Waals surface area contributed by atoms with Gasteiger partial charge in [-0.05, 0) is 31.6 Å². The molecule has 1 saturated carbocycles. The molecule has 1 aromatic heterocycles. The molecule has 9 heteroatoms. The molecule has 164 valence electrons. The number of ether oxygens (including phenoxy) is 1. The van der Waals surface area contributed by atoms with Crippen molar-refractivity contribution < 1.29 is 14.0 Å². The summed E-state index contributed by atoms with van der Waals surface area (Å²) in [6.45, 7) is 4.94. The first-order valence-electron chi connectivity index (χ1n) is 10.3. The molecule has 3 N–H and O–H groups in total. The fraction of sp³-hybridized carbons (Fsp3) is 0.750. The van der Waals surface area contributed by atoms with Crippen LogP contribution in [0.4, 0.5) is 11.5 Å². The number of H-pyrrole nitrogens is 1. The van der Waals surface area contributed by atoms with E-state index in [4.69, 9.17) is 10.5 Å². The molecular formula is C20H36N5O4+. The number of hydrogen-bond donors (Lipinski definition) is 2. The van der Waals surface area contributed by atoms with Gasteiger partial charge in [0.1, 0.15) is 5.82 Å². The van der Waals surface area contributed by atoms with E-state index in [1.165, 1.54) is 29.4 Å². The zero-order valence-corrected chi connectivity index (χ0v) is 18.4. The maximum Gasteiger partial charge on any atom is 0.330 e. The highest BCUT2D eigenvalue weighted by molar-refractivity contribution is 5.96. The molecule has 0 radical (unpaired) electrons. The topological polar surface area (TPSA) is 110 Å². The summed E-state index contributed by atoms with van der Waals surface area (Å²) >= 11 is 0. The molecule has 1 amide bonds. The largest absolute Gasteiger partial charge is 0.383 e. The molecule has 0 spiro atoms. The first kappa shape index (κ1) is 23.2. The van der Waals surface area contributed by atoms with Crippen LogP contribution in [0.25, 0.3) is 0 Å². The van der Waals surface area contributed by atoms with Crippen LogP contribution in [0.2, 0.25) is 0 Å². The molecule has 1 heterocycles. The van der Waals surface area contributed by atoms with Crippen molar-refractivity contribution in [3.63, 3.8) is 0 Å². The van der Waals surface area contributed by atoms with Crippen LogP contribution in [0.15, 0.2) is 9.59 Å². The van der Waals surface area contributed by atoms with Crippen molar-refractivity contribution in [3.05, 3.63) is 20.8 Å². The Bertz CT molecular complexity index is 821. The van der Waals surface area contributed by atoms with Gasteiger partial charge in [-0.25, -0.2) is 4.79 Å². The molecule has 29 heavy (non-hydrogen) atoms. The number of nitrogens with two attached hydrogens (primary N) is 1. The van der Waals surface area contributed by atoms with Crippen LogP contribution in [-0.2, 0) is 16.1 Å². The van der Waals surface area contributed by atoms with Crippen LogP contribution in [0.5, 0.6) is 0 Å². The third kappa shape index (κ3) is 5.48. The van der Waals surface area contributed by atoms with E-state index in [0.717, 1.165) is 12.8 Å². The normalized spacial score (nSPS) is 15.2. The second-order valence-electron chi connectivity index (χ2n) is 8.91. The summed E-state index contributed by atoms with van der Waals surface area (Å²) < 4.78 is 7.04. The van der Waals surface area contributed by atoms with Crippen molar-refractivity contribution in [1.82, 2.24) is 9.55 Å². The summed E-state index contributed by atoms with van der Waals surface area (Å²) in [5.41, 5.74) is 5.05. The quantitative estimate of drug-likeness (QED) is 0.585. The van der Waals surface area contributed by atoms with Crippen molar-refractivity contribution in [2.45, 2.75) is 52.1 Å². The Morgan fingerprint density at radius 2 is 1.93 bits per heavy atom. The molecule has 0 aliphatic heterocycles. The number of likely N-dealkylation sites (N-methyl/N-ethyl adjacent to an activating group) is 1. The fourth-order valence-electron chi connectivity index (χ4n) is 4.09. The summed E-state index contributed by atoms with van der Waals surface area (Å²) in [6, 6.07) is 0.425. The molecule has 0 bridgehead atoms. The minimum Gasteiger partial charge on any atom is -0.383 e. The first-order chi connectivity index (χ1) is 13.6. The number of nitrogens with zero attached hydrogens (tertiary/aromatic N) is 3. The molecule has 1 fully saturated rings. The van der Waals surface area contributed by atoms with Gasteiger partial charge in [0.05, 0.1) is 26.7 Å². The predicted octanol–water partition coefficient (Wildman–Crippen LogP) is 0.773. The van der Waals surface area contributed by atoms with E-state index in [-0.39, 0.29) is 43.0 Å². The third-order valence-electron chi connectivity index (χ3n) is 5.71. The molecule has 1 aliphatic rings. The molecule has 1 aliphatic carbocycles. The number of quaternary nitrogens is 1. The van der Waals surface area contributed by atoms with Gasteiger partial charge in [0, 0.05) is 20.2 Å². The number of nitrogens with one attached hydrogen (secondary N) is 1. The maximum atomic E-state index is 13.3. The van der Waals surface area contributed by atoms with Crippen LogP contribution in [0.3, 0.4) is 0 Å². The lowest BCUT2D eigenvalue weighted by Gasteiger charge is -2.37. The van der Waals surface area contributed by atoms with E-state index in [9.17, 15) is 14.4 Å². The summed E-state index contributed by atoms with van der Waals surface area (Å²) in [4.78, 5) is 41.9. The van der Waals surface area contributed by atoms with Gasteiger partial charge in [-0.3, -0.25) is 24.0 Å². The molecule has 0 atom stereocenters. The number of carbonyl (C=O) groups is 1. The second-order valence-corrected chi connectivity index (χ2v) is 8.91. The van der Waals surface area contributed by atoms with Crippen LogP contribution in [0, 0.1) is 5.92 Å². The number of aromatic amines is 1. The average molecular weight is 411 g/mol. The molecule has 0 unspecified atom stereocenters. The van der Waals surface area contributed by atoms with Gasteiger partial charge in [0.2, 0.25) is 0 Å². The fourth-order valence-corrected chi connectivity index (χ4v) is 4.09. The number of rotatable bonds is 9. The number of methoxy groups -OCH3 is 1. The number of hydrogen-bond acceptors (Lipinski definition) is 5. The lowest BCUT2D eigenvalue weighted by molar-refractivity contribution is -0.906. The summed E-state index contributed by atoms with van der Waals surface area (Å²) in [5, 5.41) is 0. The molecule has 9 nitrogen and oxygen atoms in total. The van der Waals surface area contributed by atoms with Crippen LogP contribution in [0.1, 0.15) is 39.5 Å². The van der Waals surface area contributed by atoms with Crippen molar-refractivity contribution in [3.8, 4) is 0 Å². The average Bonchev–Trinajstić information content (AvgIpc) is 3.16. The van der Waals surface area contributed by atoms with Gasteiger partial charge in [0.15, 0.2) is 12.2 Å². The predicted molar refractivity (Wildman–Crippen MR) is 114 cm³/mol. The first-order valence-corrected chi connectivity index (χ1v) is 10.3. The number of anilines is 2. The number of carbonyl (C=O) groups excluding carboxylic acids is 1. The van der Waals surface area contributed by atoms with Crippen molar-refractivity contribution >= 4 is 17.4 Å². The maximum absolute atomic E-state index is 13.3. The Kier molecular flexibility index (Phi) is 7.65. The van der Waals surface area contributed by atoms with Crippen LogP contribution >= 0.6 is 0 Å². The summed E-state index contributed by atoms with van der Waals surface area (Å²) in [6.07, 6.45) is 4.56. The Hall–Kier alpha value is -2.13. The van der Waals surface area contributed by atoms with E-state index in [2.05, 4.69) is 19.1 Å². The molecule has 0 aromatic carbocycles. The van der Waals surface area contributed by atoms with Crippen molar-refractivity contribution in [1.29, 1.82) is 0 Å². The van der Waals surface area contributed by atoms with Gasteiger partial charge in [-0.15, -0.1) is 0 Å². The SMILES string of the molecule is COCCN(C(=O)C[N+](C)(C)C1CCCC1)c1c(N)n(CC(C)C)c(=O)[nH]c1=O. The van der Waals surface area contributed by atoms with Crippen LogP contribution in [-0.4, -0.2) is 66.9 Å². The number of amides is 1. The zero-order chi connectivity index (χ0) is 21.8. The van der Waals surface area contributed by atoms with Gasteiger partial charge in [-0.2, -0.15) is 0 Å². The Morgan fingerprint density at radius 1 is 1.31 bits per heavy atom. The van der Waals surface area contributed by atoms with E-state index < -0.39 is 11.2 Å². The molecule has 2 rings (SSSR count). The third-order valence-corrected chi connectivity index (χ3v) is 5.71. The van der Waals surface area contributed by atoms with Crippen LogP contribution < -0.4 is 21.9 Å². The van der Waals surface area contributed by atoms with Crippen molar-refractivity contribution in [2.24, 2.45) is 5.92 Å². The van der Waals surface area contributed by atoms with E-state index >= 15 is 0 Å². The van der Waals surface area contributed by atoms with Gasteiger partial charge < -0.3 is 15.0 Å². The minimum absolute atomic E-state index is 0.0167. The van der Waals surface area contributed by atoms with E-state index in [0.29, 0.717) is 17.1 Å². The second kappa shape index (κ2) is 9.58. The highest BCUT2D eigenvalue weighted by atomic mass is 16.5.